The zero-order valence-electron chi connectivity index (χ0n) is 10.5. The second-order valence-corrected chi connectivity index (χ2v) is 4.65. The third kappa shape index (κ3) is 6.39. The molecule has 0 aromatic heterocycles. The summed E-state index contributed by atoms with van der Waals surface area (Å²) < 4.78 is 5.41. The zero-order valence-corrected chi connectivity index (χ0v) is 10.5. The van der Waals surface area contributed by atoms with Gasteiger partial charge >= 0.3 is 0 Å². The van der Waals surface area contributed by atoms with Gasteiger partial charge in [-0.2, -0.15) is 0 Å². The van der Waals surface area contributed by atoms with Crippen LogP contribution in [0.4, 0.5) is 0 Å². The van der Waals surface area contributed by atoms with Gasteiger partial charge in [-0.1, -0.05) is 27.7 Å². The smallest absolute Gasteiger partial charge is 0.0471 e. The van der Waals surface area contributed by atoms with Gasteiger partial charge in [-0.25, -0.2) is 0 Å². The van der Waals surface area contributed by atoms with Gasteiger partial charge in [0.1, 0.15) is 0 Å². The van der Waals surface area contributed by atoms with E-state index >= 15 is 0 Å². The third-order valence-corrected chi connectivity index (χ3v) is 2.84. The predicted octanol–water partition coefficient (Wildman–Crippen LogP) is 2.83. The van der Waals surface area contributed by atoms with Crippen molar-refractivity contribution in [1.29, 1.82) is 0 Å². The first-order chi connectivity index (χ1) is 6.54. The van der Waals surface area contributed by atoms with E-state index in [2.05, 4.69) is 39.9 Å². The fourth-order valence-corrected chi connectivity index (χ4v) is 1.30. The molecule has 14 heavy (non-hydrogen) atoms. The molecule has 1 unspecified atom stereocenters. The SMILES string of the molecule is CCOCCC(C)(CC)CNC(C)C. The van der Waals surface area contributed by atoms with Crippen LogP contribution in [0, 0.1) is 5.41 Å². The van der Waals surface area contributed by atoms with Crippen LogP contribution >= 0.6 is 0 Å². The van der Waals surface area contributed by atoms with E-state index in [4.69, 9.17) is 4.74 Å². The van der Waals surface area contributed by atoms with Gasteiger partial charge in [-0.15, -0.1) is 0 Å². The highest BCUT2D eigenvalue weighted by Gasteiger charge is 2.21. The maximum atomic E-state index is 5.41. The highest BCUT2D eigenvalue weighted by Crippen LogP contribution is 2.24. The standard InChI is InChI=1S/C12H27NO/c1-6-12(5,8-9-14-7-2)10-13-11(3)4/h11,13H,6-10H2,1-5H3. The molecule has 2 heteroatoms. The molecule has 0 radical (unpaired) electrons. The summed E-state index contributed by atoms with van der Waals surface area (Å²) in [7, 11) is 0. The van der Waals surface area contributed by atoms with Crippen molar-refractivity contribution in [3.05, 3.63) is 0 Å². The summed E-state index contributed by atoms with van der Waals surface area (Å²) in [6.45, 7) is 13.8. The minimum atomic E-state index is 0.388. The van der Waals surface area contributed by atoms with Gasteiger partial charge in [0.15, 0.2) is 0 Å². The lowest BCUT2D eigenvalue weighted by Gasteiger charge is -2.29. The molecule has 1 N–H and O–H groups in total. The highest BCUT2D eigenvalue weighted by atomic mass is 16.5. The molecule has 0 fully saturated rings. The Kier molecular flexibility index (Phi) is 7.20. The van der Waals surface area contributed by atoms with Crippen LogP contribution in [0.3, 0.4) is 0 Å². The Morgan fingerprint density at radius 2 is 1.93 bits per heavy atom. The summed E-state index contributed by atoms with van der Waals surface area (Å²) in [5, 5.41) is 3.51. The molecule has 0 amide bonds. The third-order valence-electron chi connectivity index (χ3n) is 2.84. The Morgan fingerprint density at radius 3 is 2.36 bits per heavy atom. The summed E-state index contributed by atoms with van der Waals surface area (Å²) >= 11 is 0. The first-order valence-corrected chi connectivity index (χ1v) is 5.85. The van der Waals surface area contributed by atoms with Gasteiger partial charge in [0.25, 0.3) is 0 Å². The molecule has 1 atom stereocenters. The van der Waals surface area contributed by atoms with Crippen molar-refractivity contribution in [2.24, 2.45) is 5.41 Å². The molecular weight excluding hydrogens is 174 g/mol. The molecule has 0 aromatic rings. The Morgan fingerprint density at radius 1 is 1.29 bits per heavy atom. The summed E-state index contributed by atoms with van der Waals surface area (Å²) in [5.74, 6) is 0. The van der Waals surface area contributed by atoms with Gasteiger partial charge in [0.2, 0.25) is 0 Å². The van der Waals surface area contributed by atoms with Crippen LogP contribution in [0.1, 0.15) is 47.5 Å². The van der Waals surface area contributed by atoms with Gasteiger partial charge in [0.05, 0.1) is 0 Å². The van der Waals surface area contributed by atoms with Crippen LogP contribution in [-0.2, 0) is 4.74 Å². The van der Waals surface area contributed by atoms with Crippen LogP contribution < -0.4 is 5.32 Å². The quantitative estimate of drug-likeness (QED) is 0.610. The van der Waals surface area contributed by atoms with Crippen molar-refractivity contribution in [1.82, 2.24) is 5.32 Å². The van der Waals surface area contributed by atoms with E-state index in [0.29, 0.717) is 11.5 Å². The number of nitrogens with one attached hydrogen (secondary N) is 1. The average Bonchev–Trinajstić information content (AvgIpc) is 2.15. The van der Waals surface area contributed by atoms with E-state index in [-0.39, 0.29) is 0 Å². The van der Waals surface area contributed by atoms with E-state index in [1.807, 2.05) is 0 Å². The fraction of sp³-hybridized carbons (Fsp3) is 1.00. The molecule has 0 aliphatic rings. The second kappa shape index (κ2) is 7.24. The molecule has 0 rings (SSSR count). The minimum absolute atomic E-state index is 0.388. The van der Waals surface area contributed by atoms with E-state index in [1.165, 1.54) is 6.42 Å². The second-order valence-electron chi connectivity index (χ2n) is 4.65. The van der Waals surface area contributed by atoms with Crippen LogP contribution in [0.15, 0.2) is 0 Å². The molecule has 2 nitrogen and oxygen atoms in total. The first kappa shape index (κ1) is 13.9. The van der Waals surface area contributed by atoms with Crippen molar-refractivity contribution in [3.63, 3.8) is 0 Å². The topological polar surface area (TPSA) is 21.3 Å². The maximum absolute atomic E-state index is 5.41. The van der Waals surface area contributed by atoms with Gasteiger partial charge in [-0.3, -0.25) is 0 Å². The van der Waals surface area contributed by atoms with Crippen molar-refractivity contribution < 1.29 is 4.74 Å². The highest BCUT2D eigenvalue weighted by molar-refractivity contribution is 4.76. The Labute approximate surface area is 89.4 Å². The molecule has 0 aliphatic heterocycles. The lowest BCUT2D eigenvalue weighted by Crippen LogP contribution is -2.36. The van der Waals surface area contributed by atoms with E-state index in [1.54, 1.807) is 0 Å². The van der Waals surface area contributed by atoms with Crippen LogP contribution in [-0.4, -0.2) is 25.8 Å². The van der Waals surface area contributed by atoms with Gasteiger partial charge in [0, 0.05) is 25.8 Å². The number of rotatable bonds is 8. The molecule has 0 saturated carbocycles. The zero-order chi connectivity index (χ0) is 11.0. The van der Waals surface area contributed by atoms with E-state index < -0.39 is 0 Å². The van der Waals surface area contributed by atoms with Crippen molar-refractivity contribution in [3.8, 4) is 0 Å². The Bertz CT molecular complexity index is 136. The lowest BCUT2D eigenvalue weighted by atomic mass is 9.84. The van der Waals surface area contributed by atoms with Gasteiger partial charge < -0.3 is 10.1 Å². The largest absolute Gasteiger partial charge is 0.382 e. The summed E-state index contributed by atoms with van der Waals surface area (Å²) in [6.07, 6.45) is 2.36. The maximum Gasteiger partial charge on any atom is 0.0471 e. The van der Waals surface area contributed by atoms with Crippen LogP contribution in [0.25, 0.3) is 0 Å². The van der Waals surface area contributed by atoms with Crippen molar-refractivity contribution in [2.45, 2.75) is 53.5 Å². The van der Waals surface area contributed by atoms with Crippen molar-refractivity contribution >= 4 is 0 Å². The molecule has 0 aromatic carbocycles. The van der Waals surface area contributed by atoms with Crippen LogP contribution in [0.2, 0.25) is 0 Å². The Hall–Kier alpha value is -0.0800. The molecular formula is C12H27NO. The van der Waals surface area contributed by atoms with Crippen LogP contribution in [0.5, 0.6) is 0 Å². The number of ether oxygens (including phenoxy) is 1. The van der Waals surface area contributed by atoms with Gasteiger partial charge in [-0.05, 0) is 25.2 Å². The fourth-order valence-electron chi connectivity index (χ4n) is 1.30. The summed E-state index contributed by atoms with van der Waals surface area (Å²) in [6, 6.07) is 0.577. The molecule has 0 bridgehead atoms. The van der Waals surface area contributed by atoms with E-state index in [0.717, 1.165) is 26.2 Å². The summed E-state index contributed by atoms with van der Waals surface area (Å²) in [4.78, 5) is 0. The lowest BCUT2D eigenvalue weighted by molar-refractivity contribution is 0.105. The predicted molar refractivity (Wildman–Crippen MR) is 62.6 cm³/mol. The number of hydrogen-bond acceptors (Lipinski definition) is 2. The normalized spacial score (nSPS) is 15.9. The first-order valence-electron chi connectivity index (χ1n) is 5.85. The molecule has 0 spiro atoms. The molecule has 0 aliphatic carbocycles. The molecule has 0 heterocycles. The summed E-state index contributed by atoms with van der Waals surface area (Å²) in [5.41, 5.74) is 0.388. The molecule has 86 valence electrons. The average molecular weight is 201 g/mol. The minimum Gasteiger partial charge on any atom is -0.382 e. The molecule has 0 saturated heterocycles. The number of hydrogen-bond donors (Lipinski definition) is 1. The monoisotopic (exact) mass is 201 g/mol. The Balaban J connectivity index is 3.79. The van der Waals surface area contributed by atoms with E-state index in [9.17, 15) is 0 Å². The van der Waals surface area contributed by atoms with Crippen molar-refractivity contribution in [2.75, 3.05) is 19.8 Å².